The Hall–Kier alpha value is -4.46. The van der Waals surface area contributed by atoms with E-state index >= 15 is 0 Å². The highest BCUT2D eigenvalue weighted by Crippen LogP contribution is 2.48. The molecular weight excluding hydrogens is 485 g/mol. The normalized spacial score (nSPS) is 14.5. The Kier molecular flexibility index (Phi) is 6.48. The van der Waals surface area contributed by atoms with Gasteiger partial charge in [-0.05, 0) is 49.4 Å². The van der Waals surface area contributed by atoms with Crippen LogP contribution in [0.3, 0.4) is 0 Å². The first-order valence-corrected chi connectivity index (χ1v) is 12.4. The number of carboxylic acid groups (broad SMARTS) is 1. The third kappa shape index (κ3) is 4.65. The van der Waals surface area contributed by atoms with Crippen molar-refractivity contribution in [3.63, 3.8) is 0 Å². The van der Waals surface area contributed by atoms with E-state index in [1.54, 1.807) is 43.8 Å². The smallest absolute Gasteiger partial charge is 0.412 e. The van der Waals surface area contributed by atoms with E-state index in [0.717, 1.165) is 22.3 Å². The van der Waals surface area contributed by atoms with Crippen LogP contribution in [0.2, 0.25) is 0 Å². The molecule has 0 saturated heterocycles. The van der Waals surface area contributed by atoms with E-state index in [-0.39, 0.29) is 0 Å². The first-order valence-electron chi connectivity index (χ1n) is 12.4. The fourth-order valence-corrected chi connectivity index (χ4v) is 4.85. The van der Waals surface area contributed by atoms with Gasteiger partial charge in [-0.25, -0.2) is 9.18 Å². The zero-order chi connectivity index (χ0) is 27.0. The third-order valence-corrected chi connectivity index (χ3v) is 7.16. The second-order valence-corrected chi connectivity index (χ2v) is 9.67. The maximum absolute atomic E-state index is 14.1. The lowest BCUT2D eigenvalue weighted by atomic mass is 9.93. The van der Waals surface area contributed by atoms with Crippen molar-refractivity contribution >= 4 is 17.7 Å². The second-order valence-electron chi connectivity index (χ2n) is 9.67. The SMILES string of the molecule is Cc1nn(C)c(-c2ccc(-c3ccc(C4(C(=O)O)CC4)cc3)cc2)c1NC(=O)OC(C)c1ccccc1F. The molecule has 7 nitrogen and oxygen atoms in total. The molecule has 1 heterocycles. The van der Waals surface area contributed by atoms with E-state index in [4.69, 9.17) is 4.74 Å². The Morgan fingerprint density at radius 3 is 2.16 bits per heavy atom. The van der Waals surface area contributed by atoms with Gasteiger partial charge in [0.25, 0.3) is 0 Å². The number of nitrogens with one attached hydrogen (secondary N) is 1. The lowest BCUT2D eigenvalue weighted by Crippen LogP contribution is -2.19. The van der Waals surface area contributed by atoms with Crippen LogP contribution in [-0.4, -0.2) is 26.9 Å². The van der Waals surface area contributed by atoms with Crippen molar-refractivity contribution in [3.8, 4) is 22.4 Å². The van der Waals surface area contributed by atoms with Gasteiger partial charge in [0.15, 0.2) is 0 Å². The molecule has 1 aromatic heterocycles. The summed E-state index contributed by atoms with van der Waals surface area (Å²) in [6, 6.07) is 21.7. The van der Waals surface area contributed by atoms with Crippen molar-refractivity contribution in [2.24, 2.45) is 7.05 Å². The number of hydrogen-bond acceptors (Lipinski definition) is 4. The Bertz CT molecular complexity index is 1510. The summed E-state index contributed by atoms with van der Waals surface area (Å²) in [6.07, 6.45) is -0.129. The summed E-state index contributed by atoms with van der Waals surface area (Å²) >= 11 is 0. The molecule has 1 unspecified atom stereocenters. The molecule has 8 heteroatoms. The molecule has 5 rings (SSSR count). The van der Waals surface area contributed by atoms with Crippen LogP contribution < -0.4 is 5.32 Å². The zero-order valence-corrected chi connectivity index (χ0v) is 21.4. The van der Waals surface area contributed by atoms with Crippen molar-refractivity contribution in [2.75, 3.05) is 5.32 Å². The number of rotatable bonds is 7. The van der Waals surface area contributed by atoms with E-state index in [1.807, 2.05) is 48.5 Å². The number of benzene rings is 3. The van der Waals surface area contributed by atoms with Gasteiger partial charge in [0.05, 0.1) is 22.5 Å². The summed E-state index contributed by atoms with van der Waals surface area (Å²) in [5.41, 5.74) is 5.04. The van der Waals surface area contributed by atoms with E-state index in [0.29, 0.717) is 35.5 Å². The summed E-state index contributed by atoms with van der Waals surface area (Å²) in [7, 11) is 1.80. The minimum Gasteiger partial charge on any atom is -0.481 e. The van der Waals surface area contributed by atoms with Crippen LogP contribution in [0.4, 0.5) is 14.9 Å². The fraction of sp³-hybridized carbons (Fsp3) is 0.233. The maximum atomic E-state index is 14.1. The lowest BCUT2D eigenvalue weighted by molar-refractivity contribution is -0.140. The molecule has 1 amide bonds. The molecule has 3 aromatic carbocycles. The lowest BCUT2D eigenvalue weighted by Gasteiger charge is -2.15. The number of aliphatic carboxylic acids is 1. The van der Waals surface area contributed by atoms with Crippen LogP contribution in [0, 0.1) is 12.7 Å². The van der Waals surface area contributed by atoms with Crippen molar-refractivity contribution in [2.45, 2.75) is 38.2 Å². The van der Waals surface area contributed by atoms with Gasteiger partial charge >= 0.3 is 12.1 Å². The molecule has 1 aliphatic carbocycles. The number of carbonyl (C=O) groups excluding carboxylic acids is 1. The monoisotopic (exact) mass is 513 g/mol. The highest BCUT2D eigenvalue weighted by molar-refractivity contribution is 5.92. The third-order valence-electron chi connectivity index (χ3n) is 7.16. The molecule has 2 N–H and O–H groups in total. The number of ether oxygens (including phenoxy) is 1. The van der Waals surface area contributed by atoms with E-state index in [1.165, 1.54) is 6.07 Å². The van der Waals surface area contributed by atoms with Crippen LogP contribution >= 0.6 is 0 Å². The highest BCUT2D eigenvalue weighted by Gasteiger charge is 2.51. The van der Waals surface area contributed by atoms with E-state index < -0.39 is 29.4 Å². The number of nitrogens with zero attached hydrogens (tertiary/aromatic N) is 2. The second kappa shape index (κ2) is 9.78. The molecule has 38 heavy (non-hydrogen) atoms. The number of hydrogen-bond donors (Lipinski definition) is 2. The minimum atomic E-state index is -0.771. The standard InChI is InChI=1S/C30H28FN3O4/c1-18-26(32-29(37)38-19(2)24-6-4-5-7-25(24)31)27(34(3)33-18)22-10-8-20(9-11-22)21-12-14-23(15-13-21)30(16-17-30)28(35)36/h4-15,19H,16-17H2,1-3H3,(H,32,37)(H,35,36). The van der Waals surface area contributed by atoms with Crippen LogP contribution in [-0.2, 0) is 22.0 Å². The number of halogens is 1. The number of aryl methyl sites for hydroxylation is 2. The molecule has 1 atom stereocenters. The number of carboxylic acids is 1. The van der Waals surface area contributed by atoms with E-state index in [9.17, 15) is 19.1 Å². The molecule has 0 aliphatic heterocycles. The predicted molar refractivity (Wildman–Crippen MR) is 142 cm³/mol. The van der Waals surface area contributed by atoms with Gasteiger partial charge in [0.1, 0.15) is 11.9 Å². The van der Waals surface area contributed by atoms with Gasteiger partial charge in [-0.3, -0.25) is 14.8 Å². The molecule has 0 bridgehead atoms. The van der Waals surface area contributed by atoms with Crippen molar-refractivity contribution in [1.82, 2.24) is 9.78 Å². The summed E-state index contributed by atoms with van der Waals surface area (Å²) < 4.78 is 21.2. The molecule has 1 aliphatic rings. The topological polar surface area (TPSA) is 93.5 Å². The minimum absolute atomic E-state index is 0.296. The van der Waals surface area contributed by atoms with Crippen molar-refractivity contribution < 1.29 is 23.8 Å². The average Bonchev–Trinajstić information content (AvgIpc) is 3.66. The summed E-state index contributed by atoms with van der Waals surface area (Å²) in [5.74, 6) is -1.20. The van der Waals surface area contributed by atoms with Gasteiger partial charge in [-0.2, -0.15) is 5.10 Å². The Labute approximate surface area is 219 Å². The Morgan fingerprint density at radius 1 is 1.00 bits per heavy atom. The first-order chi connectivity index (χ1) is 18.2. The zero-order valence-electron chi connectivity index (χ0n) is 21.4. The van der Waals surface area contributed by atoms with Gasteiger partial charge in [0.2, 0.25) is 0 Å². The maximum Gasteiger partial charge on any atom is 0.412 e. The van der Waals surface area contributed by atoms with Crippen LogP contribution in [0.15, 0.2) is 72.8 Å². The summed E-state index contributed by atoms with van der Waals surface area (Å²) in [6.45, 7) is 3.41. The molecule has 194 valence electrons. The average molecular weight is 514 g/mol. The number of aromatic nitrogens is 2. The largest absolute Gasteiger partial charge is 0.481 e. The predicted octanol–water partition coefficient (Wildman–Crippen LogP) is 6.63. The van der Waals surface area contributed by atoms with Crippen molar-refractivity contribution in [1.29, 1.82) is 0 Å². The Morgan fingerprint density at radius 2 is 1.58 bits per heavy atom. The molecule has 0 radical (unpaired) electrons. The number of anilines is 1. The van der Waals surface area contributed by atoms with Gasteiger partial charge < -0.3 is 9.84 Å². The van der Waals surface area contributed by atoms with Gasteiger partial charge in [0, 0.05) is 18.2 Å². The number of carbonyl (C=O) groups is 2. The summed E-state index contributed by atoms with van der Waals surface area (Å²) in [5, 5.41) is 16.8. The molecule has 4 aromatic rings. The van der Waals surface area contributed by atoms with Crippen LogP contribution in [0.5, 0.6) is 0 Å². The molecular formula is C30H28FN3O4. The van der Waals surface area contributed by atoms with Gasteiger partial charge in [-0.1, -0.05) is 66.7 Å². The number of amides is 1. The van der Waals surface area contributed by atoms with Crippen LogP contribution in [0.1, 0.15) is 42.7 Å². The van der Waals surface area contributed by atoms with Crippen LogP contribution in [0.25, 0.3) is 22.4 Å². The van der Waals surface area contributed by atoms with E-state index in [2.05, 4.69) is 10.4 Å². The highest BCUT2D eigenvalue weighted by atomic mass is 19.1. The summed E-state index contributed by atoms with van der Waals surface area (Å²) in [4.78, 5) is 24.3. The van der Waals surface area contributed by atoms with Gasteiger partial charge in [-0.15, -0.1) is 0 Å². The molecule has 1 fully saturated rings. The molecule has 0 spiro atoms. The first kappa shape index (κ1) is 25.2. The quantitative estimate of drug-likeness (QED) is 0.289. The molecule has 1 saturated carbocycles. The fourth-order valence-electron chi connectivity index (χ4n) is 4.85. The Balaban J connectivity index is 1.34. The van der Waals surface area contributed by atoms with Crippen molar-refractivity contribution in [3.05, 3.63) is 95.4 Å².